The summed E-state index contributed by atoms with van der Waals surface area (Å²) in [6.45, 7) is 8.82. The molecular weight excluding hydrogens is 290 g/mol. The molecule has 0 spiro atoms. The first kappa shape index (κ1) is 17.5. The van der Waals surface area contributed by atoms with Crippen molar-refractivity contribution in [3.63, 3.8) is 0 Å². The van der Waals surface area contributed by atoms with Gasteiger partial charge in [0.15, 0.2) is 5.78 Å². The average molecular weight is 317 g/mol. The molecule has 1 aromatic carbocycles. The van der Waals surface area contributed by atoms with E-state index in [1.165, 1.54) is 19.8 Å². The number of amides is 2. The van der Waals surface area contributed by atoms with Gasteiger partial charge >= 0.3 is 6.03 Å². The number of hydrogen-bond acceptors (Lipinski definition) is 3. The standard InChI is InChI=1S/C18H27N3O2/c1-13(2)17(21-10-4-5-11-21)12-19-18(23)20-16-8-6-15(7-9-16)14(3)22/h6-9,13,17H,4-5,10-12H2,1-3H3,(H2,19,20,23). The molecule has 0 aliphatic carbocycles. The van der Waals surface area contributed by atoms with Gasteiger partial charge in [0.05, 0.1) is 0 Å². The van der Waals surface area contributed by atoms with Gasteiger partial charge in [0.1, 0.15) is 0 Å². The van der Waals surface area contributed by atoms with Crippen LogP contribution in [0.3, 0.4) is 0 Å². The number of carbonyl (C=O) groups is 2. The van der Waals surface area contributed by atoms with E-state index < -0.39 is 0 Å². The van der Waals surface area contributed by atoms with Crippen LogP contribution in [0.5, 0.6) is 0 Å². The number of anilines is 1. The third kappa shape index (κ3) is 5.06. The molecule has 2 rings (SSSR count). The SMILES string of the molecule is CC(=O)c1ccc(NC(=O)NCC(C(C)C)N2CCCC2)cc1. The van der Waals surface area contributed by atoms with Crippen LogP contribution in [0.25, 0.3) is 0 Å². The number of hydrogen-bond donors (Lipinski definition) is 2. The highest BCUT2D eigenvalue weighted by molar-refractivity contribution is 5.95. The minimum absolute atomic E-state index is 0.0198. The number of rotatable bonds is 6. The maximum atomic E-state index is 12.1. The topological polar surface area (TPSA) is 61.4 Å². The van der Waals surface area contributed by atoms with Crippen LogP contribution < -0.4 is 10.6 Å². The Labute approximate surface area is 138 Å². The monoisotopic (exact) mass is 317 g/mol. The summed E-state index contributed by atoms with van der Waals surface area (Å²) in [5.74, 6) is 0.523. The molecule has 1 heterocycles. The first-order chi connectivity index (χ1) is 11.0. The molecule has 1 unspecified atom stereocenters. The quantitative estimate of drug-likeness (QED) is 0.792. The number of urea groups is 1. The van der Waals surface area contributed by atoms with Gasteiger partial charge in [-0.25, -0.2) is 4.79 Å². The molecule has 0 saturated carbocycles. The summed E-state index contributed by atoms with van der Waals surface area (Å²) in [6.07, 6.45) is 2.50. The molecule has 23 heavy (non-hydrogen) atoms. The van der Waals surface area contributed by atoms with Crippen LogP contribution in [0.1, 0.15) is 44.0 Å². The maximum Gasteiger partial charge on any atom is 0.319 e. The fourth-order valence-electron chi connectivity index (χ4n) is 3.02. The largest absolute Gasteiger partial charge is 0.336 e. The van der Waals surface area contributed by atoms with E-state index in [-0.39, 0.29) is 11.8 Å². The molecule has 0 aromatic heterocycles. The van der Waals surface area contributed by atoms with E-state index in [4.69, 9.17) is 0 Å². The number of likely N-dealkylation sites (tertiary alicyclic amines) is 1. The van der Waals surface area contributed by atoms with E-state index >= 15 is 0 Å². The average Bonchev–Trinajstić information content (AvgIpc) is 3.01. The van der Waals surface area contributed by atoms with E-state index in [1.807, 2.05) is 0 Å². The van der Waals surface area contributed by atoms with Crippen molar-refractivity contribution >= 4 is 17.5 Å². The van der Waals surface area contributed by atoms with Crippen LogP contribution in [-0.2, 0) is 0 Å². The number of Topliss-reactive ketones (excluding diaryl/α,β-unsaturated/α-hetero) is 1. The Morgan fingerprint density at radius 2 is 1.74 bits per heavy atom. The highest BCUT2D eigenvalue weighted by atomic mass is 16.2. The molecule has 5 heteroatoms. The highest BCUT2D eigenvalue weighted by Gasteiger charge is 2.24. The number of benzene rings is 1. The Hall–Kier alpha value is -1.88. The summed E-state index contributed by atoms with van der Waals surface area (Å²) >= 11 is 0. The van der Waals surface area contributed by atoms with Crippen LogP contribution >= 0.6 is 0 Å². The molecular formula is C18H27N3O2. The number of ketones is 1. The van der Waals surface area contributed by atoms with Gasteiger partial charge in [0.2, 0.25) is 0 Å². The van der Waals surface area contributed by atoms with Gasteiger partial charge in [-0.05, 0) is 63.0 Å². The summed E-state index contributed by atoms with van der Waals surface area (Å²) in [5.41, 5.74) is 1.33. The number of carbonyl (C=O) groups excluding carboxylic acids is 2. The molecule has 1 fully saturated rings. The van der Waals surface area contributed by atoms with Gasteiger partial charge in [-0.15, -0.1) is 0 Å². The Morgan fingerprint density at radius 1 is 1.13 bits per heavy atom. The van der Waals surface area contributed by atoms with Crippen molar-refractivity contribution in [2.45, 2.75) is 39.7 Å². The molecule has 1 aliphatic rings. The van der Waals surface area contributed by atoms with E-state index in [0.29, 0.717) is 29.8 Å². The first-order valence-corrected chi connectivity index (χ1v) is 8.37. The van der Waals surface area contributed by atoms with Crippen LogP contribution in [-0.4, -0.2) is 42.4 Å². The molecule has 1 atom stereocenters. The van der Waals surface area contributed by atoms with Crippen molar-refractivity contribution in [1.82, 2.24) is 10.2 Å². The van der Waals surface area contributed by atoms with Crippen LogP contribution in [0.4, 0.5) is 10.5 Å². The van der Waals surface area contributed by atoms with Crippen molar-refractivity contribution in [3.8, 4) is 0 Å². The van der Waals surface area contributed by atoms with Gasteiger partial charge in [0, 0.05) is 23.8 Å². The van der Waals surface area contributed by atoms with Crippen LogP contribution in [0.15, 0.2) is 24.3 Å². The maximum absolute atomic E-state index is 12.1. The second kappa shape index (κ2) is 8.11. The molecule has 2 N–H and O–H groups in total. The Bertz CT molecular complexity index is 534. The molecule has 126 valence electrons. The molecule has 0 bridgehead atoms. The summed E-state index contributed by atoms with van der Waals surface area (Å²) in [6, 6.07) is 7.11. The zero-order chi connectivity index (χ0) is 16.8. The lowest BCUT2D eigenvalue weighted by molar-refractivity contribution is 0.101. The van der Waals surface area contributed by atoms with E-state index in [2.05, 4.69) is 29.4 Å². The fourth-order valence-corrected chi connectivity index (χ4v) is 3.02. The van der Waals surface area contributed by atoms with Crippen LogP contribution in [0.2, 0.25) is 0 Å². The predicted octanol–water partition coefficient (Wildman–Crippen LogP) is 3.13. The van der Waals surface area contributed by atoms with E-state index in [0.717, 1.165) is 13.1 Å². The molecule has 2 amide bonds. The normalized spacial score (nSPS) is 16.3. The third-order valence-corrected chi connectivity index (χ3v) is 4.40. The van der Waals surface area contributed by atoms with Gasteiger partial charge in [-0.2, -0.15) is 0 Å². The second-order valence-electron chi connectivity index (χ2n) is 6.52. The van der Waals surface area contributed by atoms with Crippen LogP contribution in [0, 0.1) is 5.92 Å². The molecule has 1 aliphatic heterocycles. The third-order valence-electron chi connectivity index (χ3n) is 4.40. The van der Waals surface area contributed by atoms with Gasteiger partial charge in [-0.1, -0.05) is 13.8 Å². The minimum atomic E-state index is -0.203. The lowest BCUT2D eigenvalue weighted by atomic mass is 10.0. The summed E-state index contributed by atoms with van der Waals surface area (Å²) < 4.78 is 0. The number of nitrogens with one attached hydrogen (secondary N) is 2. The minimum Gasteiger partial charge on any atom is -0.336 e. The summed E-state index contributed by atoms with van der Waals surface area (Å²) in [7, 11) is 0. The van der Waals surface area contributed by atoms with E-state index in [9.17, 15) is 9.59 Å². The molecule has 5 nitrogen and oxygen atoms in total. The van der Waals surface area contributed by atoms with Crippen molar-refractivity contribution in [3.05, 3.63) is 29.8 Å². The Morgan fingerprint density at radius 3 is 2.26 bits per heavy atom. The highest BCUT2D eigenvalue weighted by Crippen LogP contribution is 2.17. The van der Waals surface area contributed by atoms with Crippen molar-refractivity contribution in [2.75, 3.05) is 25.0 Å². The first-order valence-electron chi connectivity index (χ1n) is 8.37. The number of nitrogens with zero attached hydrogens (tertiary/aromatic N) is 1. The summed E-state index contributed by atoms with van der Waals surface area (Å²) in [5, 5.41) is 5.78. The molecule has 0 radical (unpaired) electrons. The molecule has 1 aromatic rings. The smallest absolute Gasteiger partial charge is 0.319 e. The fraction of sp³-hybridized carbons (Fsp3) is 0.556. The lowest BCUT2D eigenvalue weighted by Crippen LogP contribution is -2.46. The van der Waals surface area contributed by atoms with Gasteiger partial charge in [-0.3, -0.25) is 9.69 Å². The van der Waals surface area contributed by atoms with Crippen molar-refractivity contribution < 1.29 is 9.59 Å². The Balaban J connectivity index is 1.84. The second-order valence-corrected chi connectivity index (χ2v) is 6.52. The zero-order valence-corrected chi connectivity index (χ0v) is 14.3. The predicted molar refractivity (Wildman–Crippen MR) is 92.9 cm³/mol. The lowest BCUT2D eigenvalue weighted by Gasteiger charge is -2.31. The Kier molecular flexibility index (Phi) is 6.16. The van der Waals surface area contributed by atoms with Crippen molar-refractivity contribution in [2.24, 2.45) is 5.92 Å². The zero-order valence-electron chi connectivity index (χ0n) is 14.3. The van der Waals surface area contributed by atoms with Gasteiger partial charge < -0.3 is 10.6 Å². The molecule has 1 saturated heterocycles. The van der Waals surface area contributed by atoms with Crippen molar-refractivity contribution in [1.29, 1.82) is 0 Å². The summed E-state index contributed by atoms with van der Waals surface area (Å²) in [4.78, 5) is 25.8. The van der Waals surface area contributed by atoms with E-state index in [1.54, 1.807) is 24.3 Å². The van der Waals surface area contributed by atoms with Gasteiger partial charge in [0.25, 0.3) is 0 Å².